The van der Waals surface area contributed by atoms with Crippen molar-refractivity contribution >= 4 is 17.5 Å². The fraction of sp³-hybridized carbons (Fsp3) is 0.533. The number of nitrogens with two attached hydrogens (primary N) is 1. The monoisotopic (exact) mass is 304 g/mol. The van der Waals surface area contributed by atoms with Crippen LogP contribution in [-0.2, 0) is 9.53 Å². The molecule has 0 saturated carbocycles. The molecule has 1 aromatic heterocycles. The van der Waals surface area contributed by atoms with Gasteiger partial charge in [-0.25, -0.2) is 0 Å². The number of hydrogen-bond donors (Lipinski definition) is 1. The molecule has 22 heavy (non-hydrogen) atoms. The molecule has 1 atom stereocenters. The lowest BCUT2D eigenvalue weighted by Gasteiger charge is -2.29. The third-order valence-electron chi connectivity index (χ3n) is 4.22. The lowest BCUT2D eigenvalue weighted by molar-refractivity contribution is -0.138. The second-order valence-corrected chi connectivity index (χ2v) is 5.63. The molecule has 7 heteroatoms. The zero-order chi connectivity index (χ0) is 15.5. The molecule has 0 bridgehead atoms. The Bertz CT molecular complexity index is 572. The van der Waals surface area contributed by atoms with Crippen molar-refractivity contribution in [2.24, 2.45) is 11.7 Å². The Labute approximate surface area is 129 Å². The quantitative estimate of drug-likeness (QED) is 0.840. The number of morpholine rings is 1. The fourth-order valence-electron chi connectivity index (χ4n) is 2.99. The molecule has 0 aliphatic carbocycles. The van der Waals surface area contributed by atoms with Crippen LogP contribution in [-0.4, -0.2) is 61.1 Å². The zero-order valence-corrected chi connectivity index (χ0v) is 12.4. The molecule has 2 fully saturated rings. The van der Waals surface area contributed by atoms with Gasteiger partial charge in [0.15, 0.2) is 0 Å². The minimum Gasteiger partial charge on any atom is -0.378 e. The van der Waals surface area contributed by atoms with Gasteiger partial charge in [-0.05, 0) is 18.6 Å². The summed E-state index contributed by atoms with van der Waals surface area (Å²) >= 11 is 0. The van der Waals surface area contributed by atoms with E-state index in [2.05, 4.69) is 9.88 Å². The Hall–Kier alpha value is -2.15. The standard InChI is InChI=1S/C15H20N4O3/c16-14(20)13-9-12(1-3-17-13)19-4-2-11(10-19)15(21)18-5-7-22-8-6-18/h1,3,9,11H,2,4-8,10H2,(H2,16,20). The van der Waals surface area contributed by atoms with E-state index in [0.717, 1.165) is 18.7 Å². The minimum atomic E-state index is -0.540. The molecule has 3 rings (SSSR count). The van der Waals surface area contributed by atoms with E-state index in [-0.39, 0.29) is 17.5 Å². The highest BCUT2D eigenvalue weighted by Gasteiger charge is 2.32. The molecule has 118 valence electrons. The van der Waals surface area contributed by atoms with E-state index in [0.29, 0.717) is 32.8 Å². The van der Waals surface area contributed by atoms with Gasteiger partial charge in [0, 0.05) is 38.1 Å². The summed E-state index contributed by atoms with van der Waals surface area (Å²) in [7, 11) is 0. The lowest BCUT2D eigenvalue weighted by Crippen LogP contribution is -2.44. The molecule has 0 spiro atoms. The number of ether oxygens (including phenoxy) is 1. The molecule has 2 amide bonds. The third-order valence-corrected chi connectivity index (χ3v) is 4.22. The Morgan fingerprint density at radius 3 is 2.77 bits per heavy atom. The molecule has 1 unspecified atom stereocenters. The largest absolute Gasteiger partial charge is 0.378 e. The van der Waals surface area contributed by atoms with E-state index in [1.54, 1.807) is 12.3 Å². The number of carbonyl (C=O) groups excluding carboxylic acids is 2. The maximum absolute atomic E-state index is 12.5. The van der Waals surface area contributed by atoms with Gasteiger partial charge in [0.2, 0.25) is 5.91 Å². The van der Waals surface area contributed by atoms with Crippen LogP contribution in [0.25, 0.3) is 0 Å². The normalized spacial score (nSPS) is 21.9. The van der Waals surface area contributed by atoms with Gasteiger partial charge < -0.3 is 20.3 Å². The van der Waals surface area contributed by atoms with Crippen molar-refractivity contribution < 1.29 is 14.3 Å². The van der Waals surface area contributed by atoms with Crippen molar-refractivity contribution in [1.29, 1.82) is 0 Å². The van der Waals surface area contributed by atoms with Gasteiger partial charge in [0.05, 0.1) is 19.1 Å². The predicted molar refractivity (Wildman–Crippen MR) is 80.5 cm³/mol. The zero-order valence-electron chi connectivity index (χ0n) is 12.4. The first-order chi connectivity index (χ1) is 10.6. The van der Waals surface area contributed by atoms with E-state index >= 15 is 0 Å². The number of aromatic nitrogens is 1. The number of pyridine rings is 1. The molecular formula is C15H20N4O3. The first-order valence-corrected chi connectivity index (χ1v) is 7.52. The van der Waals surface area contributed by atoms with Gasteiger partial charge in [0.1, 0.15) is 5.69 Å². The van der Waals surface area contributed by atoms with E-state index in [1.165, 1.54) is 0 Å². The molecule has 2 saturated heterocycles. The van der Waals surface area contributed by atoms with Crippen LogP contribution in [0.3, 0.4) is 0 Å². The maximum Gasteiger partial charge on any atom is 0.267 e. The summed E-state index contributed by atoms with van der Waals surface area (Å²) in [6.45, 7) is 4.05. The summed E-state index contributed by atoms with van der Waals surface area (Å²) in [5.41, 5.74) is 6.40. The Morgan fingerprint density at radius 2 is 2.05 bits per heavy atom. The molecule has 2 aliphatic rings. The number of anilines is 1. The fourth-order valence-corrected chi connectivity index (χ4v) is 2.99. The van der Waals surface area contributed by atoms with Crippen molar-refractivity contribution in [1.82, 2.24) is 9.88 Å². The van der Waals surface area contributed by atoms with Crippen molar-refractivity contribution in [2.75, 3.05) is 44.3 Å². The van der Waals surface area contributed by atoms with Gasteiger partial charge >= 0.3 is 0 Å². The highest BCUT2D eigenvalue weighted by Crippen LogP contribution is 2.25. The van der Waals surface area contributed by atoms with Crippen LogP contribution in [0.1, 0.15) is 16.9 Å². The van der Waals surface area contributed by atoms with E-state index in [4.69, 9.17) is 10.5 Å². The second-order valence-electron chi connectivity index (χ2n) is 5.63. The van der Waals surface area contributed by atoms with Crippen LogP contribution < -0.4 is 10.6 Å². The number of amides is 2. The molecule has 2 N–H and O–H groups in total. The minimum absolute atomic E-state index is 0.00305. The van der Waals surface area contributed by atoms with Crippen LogP contribution in [0.2, 0.25) is 0 Å². The number of rotatable bonds is 3. The topological polar surface area (TPSA) is 88.8 Å². The molecule has 3 heterocycles. The third kappa shape index (κ3) is 3.04. The lowest BCUT2D eigenvalue weighted by atomic mass is 10.1. The van der Waals surface area contributed by atoms with Crippen LogP contribution in [0.4, 0.5) is 5.69 Å². The number of hydrogen-bond acceptors (Lipinski definition) is 5. The number of primary amides is 1. The summed E-state index contributed by atoms with van der Waals surface area (Å²) in [6.07, 6.45) is 2.40. The molecular weight excluding hydrogens is 284 g/mol. The Morgan fingerprint density at radius 1 is 1.27 bits per heavy atom. The SMILES string of the molecule is NC(=O)c1cc(N2CCC(C(=O)N3CCOCC3)C2)ccn1. The molecule has 0 radical (unpaired) electrons. The summed E-state index contributed by atoms with van der Waals surface area (Å²) in [4.78, 5) is 31.7. The van der Waals surface area contributed by atoms with E-state index < -0.39 is 5.91 Å². The van der Waals surface area contributed by atoms with Crippen molar-refractivity contribution in [3.05, 3.63) is 24.0 Å². The second kappa shape index (κ2) is 6.31. The van der Waals surface area contributed by atoms with Gasteiger partial charge in [-0.2, -0.15) is 0 Å². The highest BCUT2D eigenvalue weighted by atomic mass is 16.5. The summed E-state index contributed by atoms with van der Waals surface area (Å²) in [6, 6.07) is 3.53. The molecule has 0 aromatic carbocycles. The van der Waals surface area contributed by atoms with E-state index in [9.17, 15) is 9.59 Å². The Kier molecular flexibility index (Phi) is 4.24. The van der Waals surface area contributed by atoms with Crippen LogP contribution >= 0.6 is 0 Å². The first-order valence-electron chi connectivity index (χ1n) is 7.52. The van der Waals surface area contributed by atoms with Crippen LogP contribution in [0.15, 0.2) is 18.3 Å². The molecule has 2 aliphatic heterocycles. The number of carbonyl (C=O) groups is 2. The van der Waals surface area contributed by atoms with E-state index in [1.807, 2.05) is 11.0 Å². The Balaban J connectivity index is 1.65. The van der Waals surface area contributed by atoms with Gasteiger partial charge in [-0.1, -0.05) is 0 Å². The van der Waals surface area contributed by atoms with Crippen molar-refractivity contribution in [3.63, 3.8) is 0 Å². The van der Waals surface area contributed by atoms with Gasteiger partial charge in [-0.15, -0.1) is 0 Å². The van der Waals surface area contributed by atoms with Crippen molar-refractivity contribution in [2.45, 2.75) is 6.42 Å². The maximum atomic E-state index is 12.5. The first kappa shape index (κ1) is 14.8. The van der Waals surface area contributed by atoms with Crippen molar-refractivity contribution in [3.8, 4) is 0 Å². The molecule has 7 nitrogen and oxygen atoms in total. The smallest absolute Gasteiger partial charge is 0.267 e. The average molecular weight is 304 g/mol. The average Bonchev–Trinajstić information content (AvgIpc) is 3.05. The predicted octanol–water partition coefficient (Wildman–Crippen LogP) is -0.134. The summed E-state index contributed by atoms with van der Waals surface area (Å²) in [5.74, 6) is -0.333. The molecule has 1 aromatic rings. The van der Waals surface area contributed by atoms with Crippen LogP contribution in [0.5, 0.6) is 0 Å². The highest BCUT2D eigenvalue weighted by molar-refractivity contribution is 5.91. The summed E-state index contributed by atoms with van der Waals surface area (Å²) in [5, 5.41) is 0. The summed E-state index contributed by atoms with van der Waals surface area (Å²) < 4.78 is 5.28. The van der Waals surface area contributed by atoms with Gasteiger partial charge in [0.25, 0.3) is 5.91 Å². The van der Waals surface area contributed by atoms with Crippen LogP contribution in [0, 0.1) is 5.92 Å². The van der Waals surface area contributed by atoms with Gasteiger partial charge in [-0.3, -0.25) is 14.6 Å². The number of nitrogens with zero attached hydrogens (tertiary/aromatic N) is 3.